The number of aliphatic hydroxyl groups excluding tert-OH is 1. The van der Waals surface area contributed by atoms with Crippen LogP contribution in [-0.2, 0) is 0 Å². The van der Waals surface area contributed by atoms with Gasteiger partial charge in [-0.25, -0.2) is 0 Å². The Labute approximate surface area is 138 Å². The molecule has 2 aromatic carbocycles. The van der Waals surface area contributed by atoms with Crippen molar-refractivity contribution in [3.63, 3.8) is 0 Å². The molecule has 0 spiro atoms. The molecule has 3 rings (SSSR count). The summed E-state index contributed by atoms with van der Waals surface area (Å²) in [5.74, 6) is 0.831. The standard InChI is InChI=1S/C20H27NO2/c22-19(14-21-18-9-3-1-2-4-10-18)15-23-20-12-11-16-7-5-6-8-17(16)13-20/h5-8,11-13,18-19,21-22H,1-4,9-10,14-15H2/p+1/t19-/m1/s1. The Bertz CT molecular complexity index is 605. The fourth-order valence-electron chi connectivity index (χ4n) is 3.41. The van der Waals surface area contributed by atoms with Crippen molar-refractivity contribution in [3.05, 3.63) is 42.5 Å². The number of hydrogen-bond acceptors (Lipinski definition) is 2. The molecule has 3 heteroatoms. The number of benzene rings is 2. The minimum Gasteiger partial charge on any atom is -0.491 e. The predicted molar refractivity (Wildman–Crippen MR) is 93.7 cm³/mol. The lowest BCUT2D eigenvalue weighted by Crippen LogP contribution is -2.91. The van der Waals surface area contributed by atoms with Gasteiger partial charge in [-0.1, -0.05) is 43.2 Å². The van der Waals surface area contributed by atoms with E-state index in [4.69, 9.17) is 4.74 Å². The zero-order valence-electron chi connectivity index (χ0n) is 13.8. The minimum absolute atomic E-state index is 0.363. The van der Waals surface area contributed by atoms with Gasteiger partial charge in [0, 0.05) is 0 Å². The number of fused-ring (bicyclic) bond motifs is 1. The first-order valence-electron chi connectivity index (χ1n) is 8.94. The summed E-state index contributed by atoms with van der Waals surface area (Å²) in [6.07, 6.45) is 7.59. The third kappa shape index (κ3) is 4.95. The highest BCUT2D eigenvalue weighted by Crippen LogP contribution is 2.20. The van der Waals surface area contributed by atoms with Crippen molar-refractivity contribution in [3.8, 4) is 5.75 Å². The fraction of sp³-hybridized carbons (Fsp3) is 0.500. The van der Waals surface area contributed by atoms with Crippen molar-refractivity contribution >= 4 is 10.8 Å². The van der Waals surface area contributed by atoms with Crippen LogP contribution >= 0.6 is 0 Å². The van der Waals surface area contributed by atoms with Crippen LogP contribution in [0.25, 0.3) is 10.8 Å². The topological polar surface area (TPSA) is 46.1 Å². The molecule has 0 aliphatic heterocycles. The molecule has 0 aromatic heterocycles. The highest BCUT2D eigenvalue weighted by molar-refractivity contribution is 5.83. The maximum Gasteiger partial charge on any atom is 0.137 e. The van der Waals surface area contributed by atoms with Crippen molar-refractivity contribution in [2.45, 2.75) is 50.7 Å². The van der Waals surface area contributed by atoms with E-state index in [1.807, 2.05) is 24.3 Å². The lowest BCUT2D eigenvalue weighted by molar-refractivity contribution is -0.695. The molecule has 0 heterocycles. The van der Waals surface area contributed by atoms with Crippen LogP contribution in [-0.4, -0.2) is 30.4 Å². The van der Waals surface area contributed by atoms with Gasteiger partial charge in [-0.15, -0.1) is 0 Å². The van der Waals surface area contributed by atoms with E-state index >= 15 is 0 Å². The Hall–Kier alpha value is -1.58. The number of quaternary nitrogens is 1. The number of hydrogen-bond donors (Lipinski definition) is 2. The SMILES string of the molecule is O[C@H](C[NH2+]C1CCCCCC1)COc1ccc2ccccc2c1. The normalized spacial score (nSPS) is 17.8. The molecule has 0 amide bonds. The second-order valence-electron chi connectivity index (χ2n) is 6.70. The monoisotopic (exact) mass is 314 g/mol. The first-order chi connectivity index (χ1) is 11.3. The lowest BCUT2D eigenvalue weighted by Gasteiger charge is -2.16. The van der Waals surface area contributed by atoms with Crippen LogP contribution in [0.15, 0.2) is 42.5 Å². The molecule has 23 heavy (non-hydrogen) atoms. The zero-order chi connectivity index (χ0) is 15.9. The third-order valence-electron chi connectivity index (χ3n) is 4.80. The molecule has 2 aromatic rings. The Morgan fingerprint density at radius 2 is 1.74 bits per heavy atom. The average molecular weight is 314 g/mol. The van der Waals surface area contributed by atoms with Crippen molar-refractivity contribution in [1.82, 2.24) is 0 Å². The molecule has 124 valence electrons. The summed E-state index contributed by atoms with van der Waals surface area (Å²) in [5.41, 5.74) is 0. The van der Waals surface area contributed by atoms with E-state index in [2.05, 4.69) is 23.5 Å². The highest BCUT2D eigenvalue weighted by Gasteiger charge is 2.17. The number of nitrogens with two attached hydrogens (primary N) is 1. The van der Waals surface area contributed by atoms with E-state index in [-0.39, 0.29) is 0 Å². The van der Waals surface area contributed by atoms with Gasteiger partial charge in [-0.2, -0.15) is 0 Å². The van der Waals surface area contributed by atoms with Crippen LogP contribution in [0.1, 0.15) is 38.5 Å². The molecule has 1 fully saturated rings. The molecule has 3 nitrogen and oxygen atoms in total. The smallest absolute Gasteiger partial charge is 0.137 e. The van der Waals surface area contributed by atoms with Gasteiger partial charge in [0.15, 0.2) is 0 Å². The quantitative estimate of drug-likeness (QED) is 0.805. The van der Waals surface area contributed by atoms with Crippen LogP contribution in [0.4, 0.5) is 0 Å². The van der Waals surface area contributed by atoms with Crippen molar-refractivity contribution in [2.75, 3.05) is 13.2 Å². The van der Waals surface area contributed by atoms with Crippen molar-refractivity contribution in [2.24, 2.45) is 0 Å². The van der Waals surface area contributed by atoms with Gasteiger partial charge >= 0.3 is 0 Å². The van der Waals surface area contributed by atoms with Gasteiger partial charge in [0.25, 0.3) is 0 Å². The Morgan fingerprint density at radius 3 is 2.52 bits per heavy atom. The second kappa shape index (κ2) is 8.32. The largest absolute Gasteiger partial charge is 0.491 e. The number of aliphatic hydroxyl groups is 1. The van der Waals surface area contributed by atoms with Crippen LogP contribution in [0.3, 0.4) is 0 Å². The van der Waals surface area contributed by atoms with Gasteiger partial charge in [0.05, 0.1) is 6.04 Å². The minimum atomic E-state index is -0.412. The first kappa shape index (κ1) is 16.3. The molecule has 0 saturated heterocycles. The Kier molecular flexibility index (Phi) is 5.89. The van der Waals surface area contributed by atoms with Crippen LogP contribution in [0.5, 0.6) is 5.75 Å². The first-order valence-corrected chi connectivity index (χ1v) is 8.94. The van der Waals surface area contributed by atoms with Gasteiger partial charge in [-0.05, 0) is 48.6 Å². The average Bonchev–Trinajstić information content (AvgIpc) is 2.87. The van der Waals surface area contributed by atoms with Gasteiger partial charge in [-0.3, -0.25) is 0 Å². The van der Waals surface area contributed by atoms with E-state index in [9.17, 15) is 5.11 Å². The summed E-state index contributed by atoms with van der Waals surface area (Å²) in [4.78, 5) is 0. The fourth-order valence-corrected chi connectivity index (χ4v) is 3.41. The Balaban J connectivity index is 1.44. The van der Waals surface area contributed by atoms with Crippen LogP contribution < -0.4 is 10.1 Å². The van der Waals surface area contributed by atoms with E-state index in [1.54, 1.807) is 0 Å². The van der Waals surface area contributed by atoms with E-state index in [0.29, 0.717) is 12.6 Å². The maximum atomic E-state index is 10.2. The molecule has 1 atom stereocenters. The second-order valence-corrected chi connectivity index (χ2v) is 6.70. The predicted octanol–water partition coefficient (Wildman–Crippen LogP) is 2.87. The highest BCUT2D eigenvalue weighted by atomic mass is 16.5. The van der Waals surface area contributed by atoms with Crippen molar-refractivity contribution < 1.29 is 15.2 Å². The summed E-state index contributed by atoms with van der Waals surface area (Å²) >= 11 is 0. The molecule has 3 N–H and O–H groups in total. The van der Waals surface area contributed by atoms with Crippen LogP contribution in [0, 0.1) is 0 Å². The van der Waals surface area contributed by atoms with Gasteiger partial charge in [0.1, 0.15) is 25.0 Å². The summed E-state index contributed by atoms with van der Waals surface area (Å²) in [6.45, 7) is 1.10. The lowest BCUT2D eigenvalue weighted by atomic mass is 10.1. The molecular formula is C20H28NO2+. The summed E-state index contributed by atoms with van der Waals surface area (Å²) in [7, 11) is 0. The van der Waals surface area contributed by atoms with Crippen molar-refractivity contribution in [1.29, 1.82) is 0 Å². The van der Waals surface area contributed by atoms with E-state index in [0.717, 1.165) is 12.3 Å². The molecular weight excluding hydrogens is 286 g/mol. The van der Waals surface area contributed by atoms with E-state index in [1.165, 1.54) is 49.3 Å². The molecule has 0 unspecified atom stereocenters. The number of rotatable bonds is 6. The third-order valence-corrected chi connectivity index (χ3v) is 4.80. The summed E-state index contributed by atoms with van der Waals surface area (Å²) < 4.78 is 5.77. The molecule has 1 aliphatic carbocycles. The zero-order valence-corrected chi connectivity index (χ0v) is 13.8. The molecule has 1 aliphatic rings. The van der Waals surface area contributed by atoms with Crippen LogP contribution in [0.2, 0.25) is 0 Å². The summed E-state index contributed by atoms with van der Waals surface area (Å²) in [5, 5.41) is 14.9. The number of ether oxygens (including phenoxy) is 1. The van der Waals surface area contributed by atoms with Gasteiger partial charge < -0.3 is 15.2 Å². The van der Waals surface area contributed by atoms with Gasteiger partial charge in [0.2, 0.25) is 0 Å². The Morgan fingerprint density at radius 1 is 1.00 bits per heavy atom. The maximum absolute atomic E-state index is 10.2. The molecule has 0 bridgehead atoms. The van der Waals surface area contributed by atoms with E-state index < -0.39 is 6.10 Å². The molecule has 0 radical (unpaired) electrons. The molecule has 1 saturated carbocycles. The summed E-state index contributed by atoms with van der Waals surface area (Å²) in [6, 6.07) is 15.0.